The van der Waals surface area contributed by atoms with E-state index in [4.69, 9.17) is 9.84 Å². The van der Waals surface area contributed by atoms with E-state index in [2.05, 4.69) is 4.99 Å². The van der Waals surface area contributed by atoms with Crippen LogP contribution in [0.25, 0.3) is 0 Å². The summed E-state index contributed by atoms with van der Waals surface area (Å²) in [7, 11) is 1.43. The molecular weight excluding hydrogens is 270 g/mol. The number of nitrogens with zero attached hydrogens (tertiary/aromatic N) is 1. The minimum atomic E-state index is -1.02. The van der Waals surface area contributed by atoms with Crippen molar-refractivity contribution in [3.63, 3.8) is 0 Å². The standard InChI is InChI=1S/C16H15NO4/c1-10-6-7-11(16(19)20)8-13(10)17-9-12-4-3-5-14(21-2)15(12)18/h3-9,18H,1-2H3,(H,19,20)/p-1. The van der Waals surface area contributed by atoms with Gasteiger partial charge in [0.1, 0.15) is 5.75 Å². The molecule has 0 atom stereocenters. The zero-order valence-corrected chi connectivity index (χ0v) is 11.7. The summed E-state index contributed by atoms with van der Waals surface area (Å²) in [4.78, 5) is 15.2. The van der Waals surface area contributed by atoms with E-state index < -0.39 is 5.97 Å². The predicted octanol–water partition coefficient (Wildman–Crippen LogP) is 2.53. The fourth-order valence-corrected chi connectivity index (χ4v) is 1.82. The van der Waals surface area contributed by atoms with Crippen molar-refractivity contribution in [2.45, 2.75) is 6.92 Å². The Labute approximate surface area is 122 Å². The number of carboxylic acids is 1. The van der Waals surface area contributed by atoms with Gasteiger partial charge in [-0.25, -0.2) is 4.79 Å². The minimum Gasteiger partial charge on any atom is -0.870 e. The number of aromatic carboxylic acids is 1. The van der Waals surface area contributed by atoms with Crippen molar-refractivity contribution in [1.82, 2.24) is 0 Å². The van der Waals surface area contributed by atoms with Crippen LogP contribution in [0.15, 0.2) is 41.4 Å². The van der Waals surface area contributed by atoms with Crippen molar-refractivity contribution in [2.75, 3.05) is 7.11 Å². The Morgan fingerprint density at radius 1 is 1.33 bits per heavy atom. The number of aryl methyl sites for hydroxylation is 1. The van der Waals surface area contributed by atoms with Gasteiger partial charge in [-0.05, 0) is 36.2 Å². The molecule has 21 heavy (non-hydrogen) atoms. The second kappa shape index (κ2) is 6.09. The zero-order chi connectivity index (χ0) is 15.4. The van der Waals surface area contributed by atoms with Gasteiger partial charge >= 0.3 is 5.97 Å². The van der Waals surface area contributed by atoms with Crippen molar-refractivity contribution in [1.29, 1.82) is 0 Å². The van der Waals surface area contributed by atoms with Crippen LogP contribution in [0.4, 0.5) is 5.69 Å². The topological polar surface area (TPSA) is 82.0 Å². The highest BCUT2D eigenvalue weighted by molar-refractivity contribution is 5.90. The summed E-state index contributed by atoms with van der Waals surface area (Å²) in [6.45, 7) is 1.82. The first-order chi connectivity index (χ1) is 10.0. The molecule has 0 saturated carbocycles. The van der Waals surface area contributed by atoms with Crippen LogP contribution < -0.4 is 9.84 Å². The molecule has 108 valence electrons. The molecule has 0 aliphatic rings. The number of hydrogen-bond acceptors (Lipinski definition) is 4. The van der Waals surface area contributed by atoms with Gasteiger partial charge in [0.05, 0.1) is 18.4 Å². The summed E-state index contributed by atoms with van der Waals surface area (Å²) in [5.74, 6) is -1.02. The van der Waals surface area contributed by atoms with Crippen LogP contribution in [0.1, 0.15) is 21.5 Å². The Bertz CT molecular complexity index is 707. The molecule has 2 aromatic carbocycles. The number of methoxy groups -OCH3 is 1. The van der Waals surface area contributed by atoms with Crippen LogP contribution >= 0.6 is 0 Å². The second-order valence-electron chi connectivity index (χ2n) is 4.44. The molecule has 5 heteroatoms. The number of carbonyl (C=O) groups is 1. The van der Waals surface area contributed by atoms with Crippen LogP contribution in [0.5, 0.6) is 11.5 Å². The Morgan fingerprint density at radius 3 is 2.76 bits per heavy atom. The molecule has 0 amide bonds. The number of carboxylic acid groups (broad SMARTS) is 1. The van der Waals surface area contributed by atoms with Crippen LogP contribution in [0, 0.1) is 6.92 Å². The lowest BCUT2D eigenvalue weighted by molar-refractivity contribution is -0.270. The predicted molar refractivity (Wildman–Crippen MR) is 77.8 cm³/mol. The second-order valence-corrected chi connectivity index (χ2v) is 4.44. The quantitative estimate of drug-likeness (QED) is 0.875. The average Bonchev–Trinajstić information content (AvgIpc) is 2.47. The lowest BCUT2D eigenvalue weighted by Gasteiger charge is -2.14. The zero-order valence-electron chi connectivity index (χ0n) is 11.7. The van der Waals surface area contributed by atoms with Gasteiger partial charge in [0, 0.05) is 6.21 Å². The fourth-order valence-electron chi connectivity index (χ4n) is 1.82. The van der Waals surface area contributed by atoms with Crippen molar-refractivity contribution in [3.8, 4) is 11.5 Å². The molecular formula is C16H14NO4-. The van der Waals surface area contributed by atoms with Crippen LogP contribution in [-0.4, -0.2) is 24.4 Å². The van der Waals surface area contributed by atoms with Crippen LogP contribution in [-0.2, 0) is 0 Å². The van der Waals surface area contributed by atoms with Gasteiger partial charge in [-0.2, -0.15) is 0 Å². The first-order valence-corrected chi connectivity index (χ1v) is 6.25. The van der Waals surface area contributed by atoms with Crippen molar-refractivity contribution in [3.05, 3.63) is 53.1 Å². The molecule has 1 N–H and O–H groups in total. The number of benzene rings is 2. The van der Waals surface area contributed by atoms with Crippen LogP contribution in [0.2, 0.25) is 0 Å². The van der Waals surface area contributed by atoms with Gasteiger partial charge in [-0.3, -0.25) is 4.99 Å². The first-order valence-electron chi connectivity index (χ1n) is 6.25. The minimum absolute atomic E-state index is 0.153. The van der Waals surface area contributed by atoms with E-state index in [0.717, 1.165) is 5.56 Å². The van der Waals surface area contributed by atoms with E-state index in [1.807, 2.05) is 6.92 Å². The third-order valence-electron chi connectivity index (χ3n) is 3.03. The van der Waals surface area contributed by atoms with E-state index in [-0.39, 0.29) is 17.1 Å². The molecule has 0 spiro atoms. The largest absolute Gasteiger partial charge is 0.870 e. The van der Waals surface area contributed by atoms with E-state index in [0.29, 0.717) is 11.3 Å². The maximum Gasteiger partial charge on any atom is 0.335 e. The summed E-state index contributed by atoms with van der Waals surface area (Å²) >= 11 is 0. The summed E-state index contributed by atoms with van der Waals surface area (Å²) in [6, 6.07) is 9.57. The van der Waals surface area contributed by atoms with Crippen molar-refractivity contribution >= 4 is 17.9 Å². The molecule has 2 aromatic rings. The first kappa shape index (κ1) is 14.6. The van der Waals surface area contributed by atoms with E-state index in [9.17, 15) is 9.90 Å². The molecule has 0 saturated heterocycles. The summed E-state index contributed by atoms with van der Waals surface area (Å²) in [6.07, 6.45) is 1.42. The maximum absolute atomic E-state index is 12.0. The highest BCUT2D eigenvalue weighted by Crippen LogP contribution is 2.26. The molecule has 0 aliphatic carbocycles. The molecule has 0 heterocycles. The molecule has 0 bridgehead atoms. The van der Waals surface area contributed by atoms with Crippen molar-refractivity contribution < 1.29 is 19.7 Å². The molecule has 0 aromatic heterocycles. The highest BCUT2D eigenvalue weighted by Gasteiger charge is 2.05. The van der Waals surface area contributed by atoms with Gasteiger partial charge in [-0.15, -0.1) is 0 Å². The monoisotopic (exact) mass is 284 g/mol. The molecule has 0 unspecified atom stereocenters. The van der Waals surface area contributed by atoms with Crippen LogP contribution in [0.3, 0.4) is 0 Å². The third-order valence-corrected chi connectivity index (χ3v) is 3.03. The number of rotatable bonds is 4. The molecule has 0 radical (unpaired) electrons. The van der Waals surface area contributed by atoms with Gasteiger partial charge in [-0.1, -0.05) is 23.9 Å². The Hall–Kier alpha value is -2.82. The molecule has 5 nitrogen and oxygen atoms in total. The van der Waals surface area contributed by atoms with Gasteiger partial charge < -0.3 is 14.9 Å². The van der Waals surface area contributed by atoms with E-state index in [1.165, 1.54) is 25.5 Å². The SMILES string of the molecule is COc1cccc(C=Nc2cc(C(=O)O)ccc2C)c1[O-]. The smallest absolute Gasteiger partial charge is 0.335 e. The molecule has 2 rings (SSSR count). The maximum atomic E-state index is 12.0. The summed E-state index contributed by atoms with van der Waals surface area (Å²) < 4.78 is 4.96. The Balaban J connectivity index is 2.38. The molecule has 0 aliphatic heterocycles. The summed E-state index contributed by atoms with van der Waals surface area (Å²) in [5, 5.41) is 21.0. The Morgan fingerprint density at radius 2 is 2.10 bits per heavy atom. The number of ether oxygens (including phenoxy) is 1. The van der Waals surface area contributed by atoms with E-state index in [1.54, 1.807) is 24.3 Å². The Kier molecular flexibility index (Phi) is 4.23. The number of para-hydroxylation sites is 1. The normalized spacial score (nSPS) is 10.8. The molecule has 0 fully saturated rings. The van der Waals surface area contributed by atoms with E-state index >= 15 is 0 Å². The number of hydrogen-bond donors (Lipinski definition) is 1. The van der Waals surface area contributed by atoms with Crippen molar-refractivity contribution in [2.24, 2.45) is 4.99 Å². The van der Waals surface area contributed by atoms with Gasteiger partial charge in [0.25, 0.3) is 0 Å². The third kappa shape index (κ3) is 3.20. The van der Waals surface area contributed by atoms with Gasteiger partial charge in [0.2, 0.25) is 0 Å². The lowest BCUT2D eigenvalue weighted by atomic mass is 10.1. The lowest BCUT2D eigenvalue weighted by Crippen LogP contribution is -1.99. The highest BCUT2D eigenvalue weighted by atomic mass is 16.5. The van der Waals surface area contributed by atoms with Gasteiger partial charge in [0.15, 0.2) is 0 Å². The summed E-state index contributed by atoms with van der Waals surface area (Å²) in [5.41, 5.74) is 1.87. The number of aliphatic imine (C=N–C) groups is 1. The average molecular weight is 284 g/mol. The fraction of sp³-hybridized carbons (Fsp3) is 0.125.